The van der Waals surface area contributed by atoms with Crippen LogP contribution in [0.1, 0.15) is 23.7 Å². The van der Waals surface area contributed by atoms with Crippen LogP contribution in [0.15, 0.2) is 41.8 Å². The van der Waals surface area contributed by atoms with Crippen molar-refractivity contribution in [1.82, 2.24) is 14.8 Å². The monoisotopic (exact) mass is 331 g/mol. The highest BCUT2D eigenvalue weighted by Gasteiger charge is 2.20. The van der Waals surface area contributed by atoms with Crippen LogP contribution in [0.5, 0.6) is 6.01 Å². The number of nitrogens with zero attached hydrogens (tertiary/aromatic N) is 3. The van der Waals surface area contributed by atoms with E-state index < -0.39 is 11.7 Å². The molecule has 2 heterocycles. The molecule has 0 aliphatic rings. The molecular weight excluding hydrogens is 317 g/mol. The standard InChI is InChI=1S/C16H14FN3O2S/c1-2-8-22-16-18-14(13-7-4-9-23-13)20(19-16)15(21)11-5-3-6-12(17)10-11/h3-7,9-10H,2,8H2,1H3. The second-order valence-corrected chi connectivity index (χ2v) is 5.72. The first-order valence-corrected chi connectivity index (χ1v) is 8.01. The van der Waals surface area contributed by atoms with Crippen molar-refractivity contribution in [2.75, 3.05) is 6.61 Å². The van der Waals surface area contributed by atoms with Gasteiger partial charge in [-0.3, -0.25) is 4.79 Å². The van der Waals surface area contributed by atoms with Gasteiger partial charge in [-0.15, -0.1) is 16.4 Å². The SMILES string of the molecule is CCCOc1nc(-c2cccs2)n(C(=O)c2cccc(F)c2)n1. The third-order valence-electron chi connectivity index (χ3n) is 3.03. The lowest BCUT2D eigenvalue weighted by atomic mass is 10.2. The molecular formula is C16H14FN3O2S. The summed E-state index contributed by atoms with van der Waals surface area (Å²) in [5.74, 6) is -0.539. The molecule has 0 saturated carbocycles. The van der Waals surface area contributed by atoms with Gasteiger partial charge in [0.2, 0.25) is 0 Å². The molecule has 0 spiro atoms. The van der Waals surface area contributed by atoms with Gasteiger partial charge in [0.1, 0.15) is 5.82 Å². The first-order chi connectivity index (χ1) is 11.2. The molecule has 118 valence electrons. The summed E-state index contributed by atoms with van der Waals surface area (Å²) in [4.78, 5) is 17.7. The fraction of sp³-hybridized carbons (Fsp3) is 0.188. The van der Waals surface area contributed by atoms with E-state index in [0.29, 0.717) is 12.4 Å². The van der Waals surface area contributed by atoms with E-state index in [9.17, 15) is 9.18 Å². The van der Waals surface area contributed by atoms with Gasteiger partial charge in [0, 0.05) is 5.56 Å². The molecule has 1 aromatic carbocycles. The molecule has 3 rings (SSSR count). The van der Waals surface area contributed by atoms with Gasteiger partial charge in [0.25, 0.3) is 5.91 Å². The zero-order valence-electron chi connectivity index (χ0n) is 12.4. The highest BCUT2D eigenvalue weighted by Crippen LogP contribution is 2.25. The molecule has 23 heavy (non-hydrogen) atoms. The lowest BCUT2D eigenvalue weighted by Gasteiger charge is -2.03. The molecule has 0 amide bonds. The van der Waals surface area contributed by atoms with E-state index in [4.69, 9.17) is 4.74 Å². The molecule has 0 fully saturated rings. The van der Waals surface area contributed by atoms with Crippen LogP contribution in [0.4, 0.5) is 4.39 Å². The van der Waals surface area contributed by atoms with E-state index in [2.05, 4.69) is 10.1 Å². The predicted molar refractivity (Wildman–Crippen MR) is 85.2 cm³/mol. The van der Waals surface area contributed by atoms with E-state index in [1.807, 2.05) is 24.4 Å². The van der Waals surface area contributed by atoms with E-state index >= 15 is 0 Å². The van der Waals surface area contributed by atoms with Crippen LogP contribution in [0.2, 0.25) is 0 Å². The quantitative estimate of drug-likeness (QED) is 0.716. The van der Waals surface area contributed by atoms with Gasteiger partial charge in [-0.2, -0.15) is 9.67 Å². The van der Waals surface area contributed by atoms with Crippen molar-refractivity contribution >= 4 is 17.2 Å². The first-order valence-electron chi connectivity index (χ1n) is 7.13. The van der Waals surface area contributed by atoms with Crippen LogP contribution >= 0.6 is 11.3 Å². The van der Waals surface area contributed by atoms with Crippen molar-refractivity contribution in [1.29, 1.82) is 0 Å². The number of carbonyl (C=O) groups excluding carboxylic acids is 1. The molecule has 0 radical (unpaired) electrons. The molecule has 0 atom stereocenters. The molecule has 3 aromatic rings. The minimum Gasteiger partial charge on any atom is -0.462 e. The summed E-state index contributed by atoms with van der Waals surface area (Å²) in [6, 6.07) is 9.32. The first kappa shape index (κ1) is 15.4. The number of ether oxygens (including phenoxy) is 1. The number of halogens is 1. The molecule has 0 unspecified atom stereocenters. The maximum atomic E-state index is 13.4. The summed E-state index contributed by atoms with van der Waals surface area (Å²) in [6.07, 6.45) is 0.806. The average molecular weight is 331 g/mol. The van der Waals surface area contributed by atoms with E-state index in [1.54, 1.807) is 0 Å². The number of hydrogen-bond acceptors (Lipinski definition) is 5. The van der Waals surface area contributed by atoms with Crippen LogP contribution in [0, 0.1) is 5.82 Å². The minimum atomic E-state index is -0.476. The Kier molecular flexibility index (Phi) is 4.47. The van der Waals surface area contributed by atoms with E-state index in [-0.39, 0.29) is 11.6 Å². The molecule has 0 bridgehead atoms. The summed E-state index contributed by atoms with van der Waals surface area (Å²) in [7, 11) is 0. The van der Waals surface area contributed by atoms with Crippen molar-refractivity contribution in [2.45, 2.75) is 13.3 Å². The van der Waals surface area contributed by atoms with Crippen molar-refractivity contribution in [3.05, 3.63) is 53.2 Å². The average Bonchev–Trinajstić information content (AvgIpc) is 3.21. The number of aromatic nitrogens is 3. The minimum absolute atomic E-state index is 0.139. The molecule has 0 N–H and O–H groups in total. The Hall–Kier alpha value is -2.54. The summed E-state index contributed by atoms with van der Waals surface area (Å²) < 4.78 is 19.9. The summed E-state index contributed by atoms with van der Waals surface area (Å²) in [5.41, 5.74) is 0.203. The second kappa shape index (κ2) is 6.70. The molecule has 0 aliphatic carbocycles. The Labute approximate surface area is 136 Å². The van der Waals surface area contributed by atoms with Crippen molar-refractivity contribution < 1.29 is 13.9 Å². The molecule has 0 saturated heterocycles. The van der Waals surface area contributed by atoms with Crippen LogP contribution in [-0.4, -0.2) is 27.3 Å². The van der Waals surface area contributed by atoms with Gasteiger partial charge in [-0.25, -0.2) is 4.39 Å². The fourth-order valence-electron chi connectivity index (χ4n) is 2.00. The third-order valence-corrected chi connectivity index (χ3v) is 3.89. The number of thiophene rings is 1. The van der Waals surface area contributed by atoms with Gasteiger partial charge in [-0.1, -0.05) is 19.1 Å². The summed E-state index contributed by atoms with van der Waals surface area (Å²) >= 11 is 1.44. The lowest BCUT2D eigenvalue weighted by Crippen LogP contribution is -2.15. The molecule has 7 heteroatoms. The summed E-state index contributed by atoms with van der Waals surface area (Å²) in [6.45, 7) is 2.43. The fourth-order valence-corrected chi connectivity index (χ4v) is 2.70. The lowest BCUT2D eigenvalue weighted by molar-refractivity contribution is 0.0944. The molecule has 0 aliphatic heterocycles. The van der Waals surface area contributed by atoms with Crippen molar-refractivity contribution in [3.8, 4) is 16.7 Å². The smallest absolute Gasteiger partial charge is 0.336 e. The van der Waals surface area contributed by atoms with Gasteiger partial charge >= 0.3 is 6.01 Å². The zero-order chi connectivity index (χ0) is 16.2. The van der Waals surface area contributed by atoms with Gasteiger partial charge in [0.05, 0.1) is 11.5 Å². The largest absolute Gasteiger partial charge is 0.462 e. The Morgan fingerprint density at radius 2 is 2.22 bits per heavy atom. The summed E-state index contributed by atoms with van der Waals surface area (Å²) in [5, 5.41) is 6.01. The Balaban J connectivity index is 2.02. The number of rotatable bonds is 5. The highest BCUT2D eigenvalue weighted by molar-refractivity contribution is 7.13. The normalized spacial score (nSPS) is 10.7. The Morgan fingerprint density at radius 3 is 2.91 bits per heavy atom. The van der Waals surface area contributed by atoms with Gasteiger partial charge in [0.15, 0.2) is 5.82 Å². The zero-order valence-corrected chi connectivity index (χ0v) is 13.2. The highest BCUT2D eigenvalue weighted by atomic mass is 32.1. The predicted octanol–water partition coefficient (Wildman–Crippen LogP) is 3.62. The van der Waals surface area contributed by atoms with Crippen LogP contribution < -0.4 is 4.74 Å². The second-order valence-electron chi connectivity index (χ2n) is 4.77. The Bertz CT molecular complexity index is 815. The van der Waals surface area contributed by atoms with E-state index in [0.717, 1.165) is 16.0 Å². The Morgan fingerprint density at radius 1 is 1.35 bits per heavy atom. The topological polar surface area (TPSA) is 57.0 Å². The maximum Gasteiger partial charge on any atom is 0.336 e. The number of benzene rings is 1. The van der Waals surface area contributed by atoms with Gasteiger partial charge < -0.3 is 4.74 Å². The van der Waals surface area contributed by atoms with E-state index in [1.165, 1.54) is 35.6 Å². The van der Waals surface area contributed by atoms with Crippen LogP contribution in [0.25, 0.3) is 10.7 Å². The number of hydrogen-bond donors (Lipinski definition) is 0. The third kappa shape index (κ3) is 3.29. The van der Waals surface area contributed by atoms with Crippen molar-refractivity contribution in [2.24, 2.45) is 0 Å². The number of carbonyl (C=O) groups is 1. The van der Waals surface area contributed by atoms with Crippen LogP contribution in [-0.2, 0) is 0 Å². The van der Waals surface area contributed by atoms with Gasteiger partial charge in [-0.05, 0) is 36.1 Å². The molecule has 2 aromatic heterocycles. The maximum absolute atomic E-state index is 13.4. The van der Waals surface area contributed by atoms with Crippen LogP contribution in [0.3, 0.4) is 0 Å². The van der Waals surface area contributed by atoms with Crippen molar-refractivity contribution in [3.63, 3.8) is 0 Å². The molecule has 5 nitrogen and oxygen atoms in total.